The molecule has 0 amide bonds. The largest absolute Gasteiger partial charge is 0.489 e. The Kier molecular flexibility index (Phi) is 4.40. The summed E-state index contributed by atoms with van der Waals surface area (Å²) < 4.78 is 18.8. The lowest BCUT2D eigenvalue weighted by Crippen LogP contribution is -1.97. The fraction of sp³-hybridized carbons (Fsp3) is 0.200. The summed E-state index contributed by atoms with van der Waals surface area (Å²) in [5.74, 6) is 0.215. The highest BCUT2D eigenvalue weighted by molar-refractivity contribution is 6.30. The van der Waals surface area contributed by atoms with Crippen LogP contribution in [0.4, 0.5) is 4.39 Å². The molecule has 0 unspecified atom stereocenters. The van der Waals surface area contributed by atoms with Gasteiger partial charge in [0, 0.05) is 0 Å². The van der Waals surface area contributed by atoms with Crippen molar-refractivity contribution < 1.29 is 14.2 Å². The second-order valence-corrected chi connectivity index (χ2v) is 4.69. The smallest absolute Gasteiger partial charge is 0.142 e. The number of halogens is 2. The highest BCUT2D eigenvalue weighted by Gasteiger charge is 2.03. The second-order valence-electron chi connectivity index (χ2n) is 4.28. The van der Waals surface area contributed by atoms with E-state index in [1.807, 2.05) is 0 Å². The molecule has 2 aromatic carbocycles. The van der Waals surface area contributed by atoms with Crippen molar-refractivity contribution in [3.05, 3.63) is 64.4 Å². The molecule has 0 spiro atoms. The average molecular weight is 281 g/mol. The Labute approximate surface area is 116 Å². The highest BCUT2D eigenvalue weighted by atomic mass is 35.5. The molecule has 0 fully saturated rings. The average Bonchev–Trinajstić information content (AvgIpc) is 2.40. The first-order chi connectivity index (χ1) is 9.06. The molecule has 0 radical (unpaired) electrons. The van der Waals surface area contributed by atoms with E-state index in [-0.39, 0.29) is 11.6 Å². The molecule has 2 nitrogen and oxygen atoms in total. The topological polar surface area (TPSA) is 29.5 Å². The van der Waals surface area contributed by atoms with Crippen molar-refractivity contribution in [1.82, 2.24) is 0 Å². The molecule has 0 aliphatic rings. The predicted octanol–water partition coefficient (Wildman–Crippen LogP) is 4.11. The van der Waals surface area contributed by atoms with E-state index in [1.54, 1.807) is 37.3 Å². The molecular weight excluding hydrogens is 267 g/mol. The molecule has 1 atom stereocenters. The minimum atomic E-state index is -0.501. The van der Waals surface area contributed by atoms with Crippen molar-refractivity contribution in [3.63, 3.8) is 0 Å². The Morgan fingerprint density at radius 2 is 1.89 bits per heavy atom. The van der Waals surface area contributed by atoms with Crippen molar-refractivity contribution in [2.45, 2.75) is 19.6 Å². The van der Waals surface area contributed by atoms with E-state index in [9.17, 15) is 9.50 Å². The third-order valence-electron chi connectivity index (χ3n) is 2.75. The monoisotopic (exact) mass is 280 g/mol. The van der Waals surface area contributed by atoms with Crippen molar-refractivity contribution in [3.8, 4) is 5.75 Å². The van der Waals surface area contributed by atoms with Crippen LogP contribution in [0.25, 0.3) is 0 Å². The van der Waals surface area contributed by atoms with E-state index >= 15 is 0 Å². The van der Waals surface area contributed by atoms with Crippen molar-refractivity contribution in [2.24, 2.45) is 0 Å². The molecule has 0 aliphatic heterocycles. The van der Waals surface area contributed by atoms with Crippen LogP contribution in [-0.2, 0) is 6.61 Å². The molecule has 1 N–H and O–H groups in total. The van der Waals surface area contributed by atoms with Gasteiger partial charge in [0.15, 0.2) is 0 Å². The zero-order valence-corrected chi connectivity index (χ0v) is 11.2. The van der Waals surface area contributed by atoms with Crippen LogP contribution in [0.5, 0.6) is 5.75 Å². The lowest BCUT2D eigenvalue weighted by Gasteiger charge is -2.09. The van der Waals surface area contributed by atoms with Gasteiger partial charge in [-0.3, -0.25) is 0 Å². The zero-order chi connectivity index (χ0) is 13.8. The molecule has 0 aliphatic carbocycles. The Bertz CT molecular complexity index is 553. The SMILES string of the molecule is C[C@H](O)c1ccc(OCc2ccc(Cl)c(F)c2)cc1. The number of aliphatic hydroxyl groups is 1. The van der Waals surface area contributed by atoms with Crippen LogP contribution >= 0.6 is 11.6 Å². The van der Waals surface area contributed by atoms with Crippen molar-refractivity contribution in [1.29, 1.82) is 0 Å². The highest BCUT2D eigenvalue weighted by Crippen LogP contribution is 2.20. The van der Waals surface area contributed by atoms with Gasteiger partial charge in [0.2, 0.25) is 0 Å². The first-order valence-electron chi connectivity index (χ1n) is 5.91. The molecule has 19 heavy (non-hydrogen) atoms. The number of benzene rings is 2. The molecule has 0 heterocycles. The van der Waals surface area contributed by atoms with Gasteiger partial charge in [-0.2, -0.15) is 0 Å². The van der Waals surface area contributed by atoms with Crippen LogP contribution in [0.3, 0.4) is 0 Å². The predicted molar refractivity (Wildman–Crippen MR) is 72.8 cm³/mol. The third kappa shape index (κ3) is 3.69. The third-order valence-corrected chi connectivity index (χ3v) is 3.06. The quantitative estimate of drug-likeness (QED) is 0.913. The van der Waals surface area contributed by atoms with Gasteiger partial charge in [-0.25, -0.2) is 4.39 Å². The summed E-state index contributed by atoms with van der Waals surface area (Å²) >= 11 is 5.61. The fourth-order valence-electron chi connectivity index (χ4n) is 1.64. The molecule has 4 heteroatoms. The Balaban J connectivity index is 2.00. The van der Waals surface area contributed by atoms with Crippen molar-refractivity contribution >= 4 is 11.6 Å². The maximum atomic E-state index is 13.2. The summed E-state index contributed by atoms with van der Waals surface area (Å²) in [6.45, 7) is 1.97. The second kappa shape index (κ2) is 6.04. The maximum absolute atomic E-state index is 13.2. The first kappa shape index (κ1) is 13.8. The van der Waals surface area contributed by atoms with E-state index in [1.165, 1.54) is 12.1 Å². The van der Waals surface area contributed by atoms with Crippen LogP contribution in [0.1, 0.15) is 24.2 Å². The molecular formula is C15H14ClFO2. The lowest BCUT2D eigenvalue weighted by atomic mass is 10.1. The van der Waals surface area contributed by atoms with Crippen LogP contribution in [0.15, 0.2) is 42.5 Å². The van der Waals surface area contributed by atoms with E-state index in [0.717, 1.165) is 5.56 Å². The van der Waals surface area contributed by atoms with E-state index in [4.69, 9.17) is 16.3 Å². The zero-order valence-electron chi connectivity index (χ0n) is 10.4. The van der Waals surface area contributed by atoms with E-state index < -0.39 is 11.9 Å². The first-order valence-corrected chi connectivity index (χ1v) is 6.29. The van der Waals surface area contributed by atoms with Gasteiger partial charge >= 0.3 is 0 Å². The van der Waals surface area contributed by atoms with Crippen molar-refractivity contribution in [2.75, 3.05) is 0 Å². The van der Waals surface area contributed by atoms with Gasteiger partial charge < -0.3 is 9.84 Å². The van der Waals surface area contributed by atoms with Gasteiger partial charge in [-0.15, -0.1) is 0 Å². The minimum absolute atomic E-state index is 0.102. The fourth-order valence-corrected chi connectivity index (χ4v) is 1.76. The summed E-state index contributed by atoms with van der Waals surface area (Å²) in [6.07, 6.45) is -0.501. The molecule has 100 valence electrons. The summed E-state index contributed by atoms with van der Waals surface area (Å²) in [5.41, 5.74) is 1.53. The minimum Gasteiger partial charge on any atom is -0.489 e. The molecule has 0 saturated carbocycles. The normalized spacial score (nSPS) is 12.2. The number of hydrogen-bond donors (Lipinski definition) is 1. The van der Waals surface area contributed by atoms with E-state index in [2.05, 4.69) is 0 Å². The number of hydrogen-bond acceptors (Lipinski definition) is 2. The van der Waals surface area contributed by atoms with Crippen LogP contribution in [0, 0.1) is 5.82 Å². The summed E-state index contributed by atoms with van der Waals surface area (Å²) in [7, 11) is 0. The van der Waals surface area contributed by atoms with Gasteiger partial charge in [0.05, 0.1) is 11.1 Å². The molecule has 0 saturated heterocycles. The summed E-state index contributed by atoms with van der Waals surface area (Å²) in [5, 5.41) is 9.49. The number of ether oxygens (including phenoxy) is 1. The maximum Gasteiger partial charge on any atom is 0.142 e. The standard InChI is InChI=1S/C15H14ClFO2/c1-10(18)12-3-5-13(6-4-12)19-9-11-2-7-14(16)15(17)8-11/h2-8,10,18H,9H2,1H3/t10-/m0/s1. The summed E-state index contributed by atoms with van der Waals surface area (Å²) in [6, 6.07) is 11.7. The van der Waals surface area contributed by atoms with Crippen LogP contribution < -0.4 is 4.74 Å². The summed E-state index contributed by atoms with van der Waals surface area (Å²) in [4.78, 5) is 0. The molecule has 2 aromatic rings. The Morgan fingerprint density at radius 1 is 1.21 bits per heavy atom. The lowest BCUT2D eigenvalue weighted by molar-refractivity contribution is 0.199. The van der Waals surface area contributed by atoms with E-state index in [0.29, 0.717) is 11.3 Å². The van der Waals surface area contributed by atoms with Gasteiger partial charge in [0.25, 0.3) is 0 Å². The van der Waals surface area contributed by atoms with Crippen LogP contribution in [-0.4, -0.2) is 5.11 Å². The molecule has 0 bridgehead atoms. The number of rotatable bonds is 4. The molecule has 2 rings (SSSR count). The molecule has 0 aromatic heterocycles. The van der Waals surface area contributed by atoms with Gasteiger partial charge in [0.1, 0.15) is 18.2 Å². The van der Waals surface area contributed by atoms with Gasteiger partial charge in [-0.05, 0) is 42.3 Å². The Hall–Kier alpha value is -1.58. The van der Waals surface area contributed by atoms with Crippen LogP contribution in [0.2, 0.25) is 5.02 Å². The number of aliphatic hydroxyl groups excluding tert-OH is 1. The van der Waals surface area contributed by atoms with Gasteiger partial charge in [-0.1, -0.05) is 29.8 Å². The Morgan fingerprint density at radius 3 is 2.47 bits per heavy atom.